The van der Waals surface area contributed by atoms with Crippen LogP contribution in [0.2, 0.25) is 0 Å². The monoisotopic (exact) mass is 186 g/mol. The Labute approximate surface area is 78.8 Å². The Kier molecular flexibility index (Phi) is 4.18. The van der Waals surface area contributed by atoms with Crippen LogP contribution < -0.4 is 11.1 Å². The molecule has 0 heterocycles. The van der Waals surface area contributed by atoms with Crippen LogP contribution in [0.25, 0.3) is 0 Å². The summed E-state index contributed by atoms with van der Waals surface area (Å²) < 4.78 is 4.73. The predicted octanol–water partition coefficient (Wildman–Crippen LogP) is -0.124. The number of carbonyl (C=O) groups excluding carboxylic acids is 1. The molecule has 1 saturated carbocycles. The Bertz CT molecular complexity index is 173. The third-order valence-electron chi connectivity index (χ3n) is 2.52. The van der Waals surface area contributed by atoms with Crippen LogP contribution in [-0.2, 0) is 9.53 Å². The normalized spacial score (nSPS) is 27.5. The first kappa shape index (κ1) is 10.5. The summed E-state index contributed by atoms with van der Waals surface area (Å²) in [5, 5.41) is 2.92. The van der Waals surface area contributed by atoms with E-state index in [1.807, 2.05) is 0 Å². The molecule has 0 aromatic heterocycles. The topological polar surface area (TPSA) is 64.3 Å². The van der Waals surface area contributed by atoms with Crippen molar-refractivity contribution in [3.63, 3.8) is 0 Å². The highest BCUT2D eigenvalue weighted by molar-refractivity contribution is 5.77. The van der Waals surface area contributed by atoms with E-state index in [1.54, 1.807) is 0 Å². The van der Waals surface area contributed by atoms with Crippen molar-refractivity contribution in [3.05, 3.63) is 0 Å². The number of methoxy groups -OCH3 is 1. The molecule has 1 aliphatic rings. The molecule has 0 aromatic rings. The summed E-state index contributed by atoms with van der Waals surface area (Å²) >= 11 is 0. The smallest absolute Gasteiger partial charge is 0.246 e. The van der Waals surface area contributed by atoms with Gasteiger partial charge < -0.3 is 15.8 Å². The minimum Gasteiger partial charge on any atom is -0.375 e. The highest BCUT2D eigenvalue weighted by Gasteiger charge is 2.24. The predicted molar refractivity (Wildman–Crippen MR) is 50.2 cm³/mol. The third kappa shape index (κ3) is 3.32. The van der Waals surface area contributed by atoms with Crippen molar-refractivity contribution in [2.75, 3.05) is 20.3 Å². The van der Waals surface area contributed by atoms with Gasteiger partial charge in [-0.1, -0.05) is 0 Å². The van der Waals surface area contributed by atoms with E-state index < -0.39 is 0 Å². The van der Waals surface area contributed by atoms with Gasteiger partial charge in [-0.3, -0.25) is 4.79 Å². The molecule has 1 rings (SSSR count). The molecular formula is C9H18N2O2. The van der Waals surface area contributed by atoms with Crippen molar-refractivity contribution in [3.8, 4) is 0 Å². The second-order valence-corrected chi connectivity index (χ2v) is 3.61. The van der Waals surface area contributed by atoms with E-state index >= 15 is 0 Å². The van der Waals surface area contributed by atoms with E-state index in [4.69, 9.17) is 10.5 Å². The first-order valence-corrected chi connectivity index (χ1v) is 4.74. The van der Waals surface area contributed by atoms with E-state index in [9.17, 15) is 4.79 Å². The summed E-state index contributed by atoms with van der Waals surface area (Å²) in [6, 6.07) is 0.316. The summed E-state index contributed by atoms with van der Waals surface area (Å²) in [4.78, 5) is 11.1. The van der Waals surface area contributed by atoms with Gasteiger partial charge in [-0.25, -0.2) is 0 Å². The molecule has 0 radical (unpaired) electrons. The minimum absolute atomic E-state index is 0.0230. The summed E-state index contributed by atoms with van der Waals surface area (Å²) in [5.74, 6) is 0.568. The number of hydrogen-bond acceptors (Lipinski definition) is 3. The zero-order chi connectivity index (χ0) is 9.68. The molecule has 4 heteroatoms. The van der Waals surface area contributed by atoms with Crippen LogP contribution >= 0.6 is 0 Å². The summed E-state index contributed by atoms with van der Waals surface area (Å²) in [7, 11) is 1.52. The molecule has 4 nitrogen and oxygen atoms in total. The number of ether oxygens (including phenoxy) is 1. The van der Waals surface area contributed by atoms with E-state index in [-0.39, 0.29) is 12.5 Å². The Morgan fingerprint density at radius 3 is 2.92 bits per heavy atom. The molecule has 76 valence electrons. The van der Waals surface area contributed by atoms with Crippen molar-refractivity contribution < 1.29 is 9.53 Å². The quantitative estimate of drug-likeness (QED) is 0.643. The Hall–Kier alpha value is -0.610. The standard InChI is InChI=1S/C9H18N2O2/c1-13-6-9(12)11-8-3-2-7(4-8)5-10/h7-8H,2-6,10H2,1H3,(H,11,12). The highest BCUT2D eigenvalue weighted by atomic mass is 16.5. The molecule has 1 aliphatic carbocycles. The summed E-state index contributed by atoms with van der Waals surface area (Å²) in [6.45, 7) is 0.889. The van der Waals surface area contributed by atoms with Gasteiger partial charge in [-0.05, 0) is 31.7 Å². The summed E-state index contributed by atoms with van der Waals surface area (Å²) in [5.41, 5.74) is 5.55. The van der Waals surface area contributed by atoms with E-state index in [1.165, 1.54) is 7.11 Å². The molecule has 13 heavy (non-hydrogen) atoms. The minimum atomic E-state index is -0.0230. The van der Waals surface area contributed by atoms with Gasteiger partial charge >= 0.3 is 0 Å². The Morgan fingerprint density at radius 1 is 1.62 bits per heavy atom. The third-order valence-corrected chi connectivity index (χ3v) is 2.52. The van der Waals surface area contributed by atoms with Crippen molar-refractivity contribution in [2.24, 2.45) is 11.7 Å². The highest BCUT2D eigenvalue weighted by Crippen LogP contribution is 2.24. The van der Waals surface area contributed by atoms with Crippen molar-refractivity contribution >= 4 is 5.91 Å². The SMILES string of the molecule is COCC(=O)NC1CCC(CN)C1. The van der Waals surface area contributed by atoms with Crippen LogP contribution in [0.4, 0.5) is 0 Å². The van der Waals surface area contributed by atoms with Crippen LogP contribution in [0.1, 0.15) is 19.3 Å². The zero-order valence-corrected chi connectivity index (χ0v) is 8.08. The molecule has 0 aliphatic heterocycles. The van der Waals surface area contributed by atoms with Gasteiger partial charge in [0.2, 0.25) is 5.91 Å². The lowest BCUT2D eigenvalue weighted by molar-refractivity contribution is -0.125. The van der Waals surface area contributed by atoms with Crippen LogP contribution in [0, 0.1) is 5.92 Å². The fourth-order valence-electron chi connectivity index (χ4n) is 1.82. The van der Waals surface area contributed by atoms with Gasteiger partial charge in [0.1, 0.15) is 6.61 Å². The molecule has 0 aromatic carbocycles. The maximum Gasteiger partial charge on any atom is 0.246 e. The van der Waals surface area contributed by atoms with Gasteiger partial charge in [-0.15, -0.1) is 0 Å². The van der Waals surface area contributed by atoms with E-state index in [2.05, 4.69) is 5.32 Å². The number of nitrogens with two attached hydrogens (primary N) is 1. The van der Waals surface area contributed by atoms with Crippen LogP contribution in [0.3, 0.4) is 0 Å². The lowest BCUT2D eigenvalue weighted by Crippen LogP contribution is -2.35. The molecule has 0 saturated heterocycles. The van der Waals surface area contributed by atoms with Gasteiger partial charge in [-0.2, -0.15) is 0 Å². The maximum atomic E-state index is 11.1. The van der Waals surface area contributed by atoms with Crippen LogP contribution in [0.15, 0.2) is 0 Å². The lowest BCUT2D eigenvalue weighted by Gasteiger charge is -2.12. The Balaban J connectivity index is 2.19. The molecule has 0 bridgehead atoms. The first-order chi connectivity index (χ1) is 6.26. The number of carbonyl (C=O) groups is 1. The number of rotatable bonds is 4. The van der Waals surface area contributed by atoms with Gasteiger partial charge in [0, 0.05) is 13.2 Å². The van der Waals surface area contributed by atoms with E-state index in [0.29, 0.717) is 12.0 Å². The van der Waals surface area contributed by atoms with Crippen molar-refractivity contribution in [1.82, 2.24) is 5.32 Å². The fourth-order valence-corrected chi connectivity index (χ4v) is 1.82. The molecule has 0 spiro atoms. The molecule has 3 N–H and O–H groups in total. The molecule has 1 amide bonds. The average Bonchev–Trinajstić information content (AvgIpc) is 2.52. The largest absolute Gasteiger partial charge is 0.375 e. The van der Waals surface area contributed by atoms with Crippen LogP contribution in [0.5, 0.6) is 0 Å². The second-order valence-electron chi connectivity index (χ2n) is 3.61. The fraction of sp³-hybridized carbons (Fsp3) is 0.889. The zero-order valence-electron chi connectivity index (χ0n) is 8.08. The molecule has 2 unspecified atom stereocenters. The van der Waals surface area contributed by atoms with Crippen LogP contribution in [-0.4, -0.2) is 32.2 Å². The van der Waals surface area contributed by atoms with Gasteiger partial charge in [0.15, 0.2) is 0 Å². The van der Waals surface area contributed by atoms with Crippen molar-refractivity contribution in [2.45, 2.75) is 25.3 Å². The average molecular weight is 186 g/mol. The maximum absolute atomic E-state index is 11.1. The van der Waals surface area contributed by atoms with Gasteiger partial charge in [0.25, 0.3) is 0 Å². The van der Waals surface area contributed by atoms with Crippen molar-refractivity contribution in [1.29, 1.82) is 0 Å². The van der Waals surface area contributed by atoms with Gasteiger partial charge in [0.05, 0.1) is 0 Å². The lowest BCUT2D eigenvalue weighted by atomic mass is 10.1. The first-order valence-electron chi connectivity index (χ1n) is 4.74. The number of hydrogen-bond donors (Lipinski definition) is 2. The van der Waals surface area contributed by atoms with E-state index in [0.717, 1.165) is 25.8 Å². The summed E-state index contributed by atoms with van der Waals surface area (Å²) in [6.07, 6.45) is 3.21. The number of nitrogens with one attached hydrogen (secondary N) is 1. The molecule has 1 fully saturated rings. The number of amides is 1. The molecule has 2 atom stereocenters. The Morgan fingerprint density at radius 2 is 2.38 bits per heavy atom. The molecular weight excluding hydrogens is 168 g/mol. The second kappa shape index (κ2) is 5.19.